The van der Waals surface area contributed by atoms with E-state index in [1.807, 2.05) is 42.5 Å². The number of allylic oxidation sites excluding steroid dienone is 2. The van der Waals surface area contributed by atoms with Crippen molar-refractivity contribution < 1.29 is 9.90 Å². The predicted molar refractivity (Wildman–Crippen MR) is 85.7 cm³/mol. The molecule has 0 aromatic heterocycles. The van der Waals surface area contributed by atoms with Crippen molar-refractivity contribution in [3.8, 4) is 11.1 Å². The summed E-state index contributed by atoms with van der Waals surface area (Å²) < 4.78 is 0. The summed E-state index contributed by atoms with van der Waals surface area (Å²) in [4.78, 5) is 20.9. The molecule has 0 spiro atoms. The van der Waals surface area contributed by atoms with E-state index < -0.39 is 11.9 Å². The van der Waals surface area contributed by atoms with E-state index in [0.717, 1.165) is 44.4 Å². The fraction of sp³-hybridized carbons (Fsp3) is 0.105. The lowest BCUT2D eigenvalue weighted by Gasteiger charge is -2.17. The molecule has 2 aromatic carbocycles. The molecule has 0 saturated carbocycles. The number of carbonyl (C=O) groups is 1. The number of fused-ring (bicyclic) bond motifs is 5. The Balaban J connectivity index is 1.77. The third kappa shape index (κ3) is 1.63. The van der Waals surface area contributed by atoms with E-state index in [1.54, 1.807) is 0 Å². The molecule has 110 valence electrons. The molecule has 0 radical (unpaired) electrons. The molecule has 1 atom stereocenters. The normalized spacial score (nSPS) is 19.4. The molecule has 1 unspecified atom stereocenters. The van der Waals surface area contributed by atoms with Gasteiger partial charge in [-0.05, 0) is 30.7 Å². The molecule has 5 rings (SSSR count). The monoisotopic (exact) mass is 300 g/mol. The summed E-state index contributed by atoms with van der Waals surface area (Å²) in [5, 5.41) is 11.3. The highest BCUT2D eigenvalue weighted by Gasteiger charge is 2.31. The minimum absolute atomic E-state index is 0.511. The van der Waals surface area contributed by atoms with Crippen LogP contribution in [0.2, 0.25) is 0 Å². The van der Waals surface area contributed by atoms with E-state index >= 15 is 0 Å². The van der Waals surface area contributed by atoms with Gasteiger partial charge in [0.25, 0.3) is 0 Å². The first-order valence-electron chi connectivity index (χ1n) is 7.57. The Morgan fingerprint density at radius 1 is 1.04 bits per heavy atom. The van der Waals surface area contributed by atoms with Gasteiger partial charge in [0.05, 0.1) is 28.0 Å². The second-order valence-corrected chi connectivity index (χ2v) is 5.96. The van der Waals surface area contributed by atoms with Crippen LogP contribution in [-0.4, -0.2) is 11.1 Å². The van der Waals surface area contributed by atoms with Crippen LogP contribution >= 0.6 is 0 Å². The first kappa shape index (κ1) is 12.5. The Morgan fingerprint density at radius 3 is 2.70 bits per heavy atom. The van der Waals surface area contributed by atoms with Gasteiger partial charge in [0.2, 0.25) is 0 Å². The van der Waals surface area contributed by atoms with Crippen LogP contribution in [0, 0.1) is 5.92 Å². The fourth-order valence-electron chi connectivity index (χ4n) is 3.60. The smallest absolute Gasteiger partial charge is 0.311 e. The number of benzene rings is 2. The van der Waals surface area contributed by atoms with Gasteiger partial charge in [-0.2, -0.15) is 0 Å². The van der Waals surface area contributed by atoms with Crippen LogP contribution in [0.1, 0.15) is 12.0 Å². The van der Waals surface area contributed by atoms with Gasteiger partial charge >= 0.3 is 5.97 Å². The van der Waals surface area contributed by atoms with Crippen molar-refractivity contribution in [2.24, 2.45) is 15.9 Å². The van der Waals surface area contributed by atoms with Crippen LogP contribution in [0.15, 0.2) is 64.2 Å². The molecular weight excluding hydrogens is 288 g/mol. The van der Waals surface area contributed by atoms with Gasteiger partial charge in [-0.15, -0.1) is 0 Å². The van der Waals surface area contributed by atoms with Crippen molar-refractivity contribution in [3.63, 3.8) is 0 Å². The summed E-state index contributed by atoms with van der Waals surface area (Å²) in [7, 11) is 0. The summed E-state index contributed by atoms with van der Waals surface area (Å²) in [5.74, 6) is -1.33. The molecule has 2 aliphatic heterocycles. The van der Waals surface area contributed by atoms with Gasteiger partial charge in [0, 0.05) is 22.3 Å². The Bertz CT molecular complexity index is 1080. The standard InChI is InChI=1S/C19H12N2O2/c22-19(23)11-5-3-7-15-18(11)13-9-16-12(8-17(13)21-15)10-4-1-2-6-14(10)20-16/h1-4,6-9,11H,5H2,(H,22,23). The number of aliphatic carboxylic acids is 1. The van der Waals surface area contributed by atoms with Crippen LogP contribution in [-0.2, 0) is 4.79 Å². The van der Waals surface area contributed by atoms with E-state index in [0.29, 0.717) is 6.42 Å². The number of carboxylic acids is 1. The van der Waals surface area contributed by atoms with E-state index in [4.69, 9.17) is 0 Å². The molecule has 0 fully saturated rings. The minimum Gasteiger partial charge on any atom is -0.481 e. The molecule has 4 nitrogen and oxygen atoms in total. The minimum atomic E-state index is -0.800. The summed E-state index contributed by atoms with van der Waals surface area (Å²) in [6.45, 7) is 0. The van der Waals surface area contributed by atoms with Gasteiger partial charge in [-0.3, -0.25) is 4.79 Å². The van der Waals surface area contributed by atoms with Crippen molar-refractivity contribution in [2.75, 3.05) is 0 Å². The van der Waals surface area contributed by atoms with Crippen LogP contribution in [0.4, 0.5) is 5.69 Å². The zero-order valence-electron chi connectivity index (χ0n) is 12.2. The second-order valence-electron chi connectivity index (χ2n) is 5.96. The topological polar surface area (TPSA) is 62.0 Å². The van der Waals surface area contributed by atoms with Crippen LogP contribution < -0.4 is 10.7 Å². The first-order valence-corrected chi connectivity index (χ1v) is 7.57. The third-order valence-electron chi connectivity index (χ3n) is 4.65. The van der Waals surface area contributed by atoms with Crippen LogP contribution in [0.5, 0.6) is 0 Å². The molecule has 2 aromatic rings. The molecule has 4 heteroatoms. The van der Waals surface area contributed by atoms with Crippen molar-refractivity contribution in [3.05, 3.63) is 70.5 Å². The number of para-hydroxylation sites is 1. The maximum Gasteiger partial charge on any atom is 0.311 e. The van der Waals surface area contributed by atoms with E-state index in [9.17, 15) is 9.90 Å². The summed E-state index contributed by atoms with van der Waals surface area (Å²) in [6, 6.07) is 12.0. The molecule has 1 N–H and O–H groups in total. The van der Waals surface area contributed by atoms with Gasteiger partial charge in [-0.25, -0.2) is 9.98 Å². The van der Waals surface area contributed by atoms with E-state index in [1.165, 1.54) is 0 Å². The Hall–Kier alpha value is -3.01. The summed E-state index contributed by atoms with van der Waals surface area (Å²) >= 11 is 0. The maximum atomic E-state index is 11.6. The third-order valence-corrected chi connectivity index (χ3v) is 4.65. The largest absolute Gasteiger partial charge is 0.481 e. The van der Waals surface area contributed by atoms with Crippen molar-refractivity contribution >= 4 is 17.2 Å². The Labute approximate surface area is 131 Å². The number of carboxylic acid groups (broad SMARTS) is 1. The predicted octanol–water partition coefficient (Wildman–Crippen LogP) is 2.62. The highest BCUT2D eigenvalue weighted by molar-refractivity contribution is 5.92. The highest BCUT2D eigenvalue weighted by atomic mass is 16.4. The number of hydrogen-bond donors (Lipinski definition) is 1. The Kier molecular flexibility index (Phi) is 2.32. The van der Waals surface area contributed by atoms with Crippen LogP contribution in [0.3, 0.4) is 0 Å². The molecule has 0 bridgehead atoms. The zero-order valence-corrected chi connectivity index (χ0v) is 12.2. The molecule has 0 amide bonds. The van der Waals surface area contributed by atoms with Gasteiger partial charge in [-0.1, -0.05) is 24.3 Å². The second kappa shape index (κ2) is 4.26. The van der Waals surface area contributed by atoms with E-state index in [-0.39, 0.29) is 0 Å². The number of nitrogens with zero attached hydrogens (tertiary/aromatic N) is 2. The van der Waals surface area contributed by atoms with E-state index in [2.05, 4.69) is 16.1 Å². The van der Waals surface area contributed by atoms with Gasteiger partial charge in [0.15, 0.2) is 0 Å². The molecule has 0 saturated heterocycles. The first-order chi connectivity index (χ1) is 11.2. The molecule has 2 heterocycles. The lowest BCUT2D eigenvalue weighted by Crippen LogP contribution is -2.20. The SMILES string of the molecule is O=C(O)C1CC=CC2=C1c1cc3c(cc1=N2)-c1ccccc1N=3. The van der Waals surface area contributed by atoms with Gasteiger partial charge in [0.1, 0.15) is 0 Å². The quantitative estimate of drug-likeness (QED) is 0.751. The highest BCUT2D eigenvalue weighted by Crippen LogP contribution is 2.37. The average Bonchev–Trinajstić information content (AvgIpc) is 3.09. The zero-order chi connectivity index (χ0) is 15.6. The summed E-state index contributed by atoms with van der Waals surface area (Å²) in [6.07, 6.45) is 4.32. The molecular formula is C19H12N2O2. The number of hydrogen-bond acceptors (Lipinski definition) is 3. The van der Waals surface area contributed by atoms with Crippen LogP contribution in [0.25, 0.3) is 16.7 Å². The van der Waals surface area contributed by atoms with Crippen molar-refractivity contribution in [1.82, 2.24) is 0 Å². The summed E-state index contributed by atoms with van der Waals surface area (Å²) in [5.41, 5.74) is 5.64. The lowest BCUT2D eigenvalue weighted by atomic mass is 9.86. The van der Waals surface area contributed by atoms with Crippen molar-refractivity contribution in [1.29, 1.82) is 0 Å². The maximum absolute atomic E-state index is 11.6. The fourth-order valence-corrected chi connectivity index (χ4v) is 3.60. The molecule has 23 heavy (non-hydrogen) atoms. The molecule has 1 aliphatic carbocycles. The Morgan fingerprint density at radius 2 is 1.83 bits per heavy atom. The van der Waals surface area contributed by atoms with Gasteiger partial charge < -0.3 is 5.11 Å². The molecule has 3 aliphatic rings. The lowest BCUT2D eigenvalue weighted by molar-refractivity contribution is -0.139. The average molecular weight is 300 g/mol. The number of rotatable bonds is 1. The van der Waals surface area contributed by atoms with Crippen molar-refractivity contribution in [2.45, 2.75) is 6.42 Å².